The van der Waals surface area contributed by atoms with Crippen LogP contribution in [0.4, 0.5) is 0 Å². The Morgan fingerprint density at radius 2 is 2.10 bits per heavy atom. The fourth-order valence-electron chi connectivity index (χ4n) is 2.94. The minimum Gasteiger partial charge on any atom is -0.508 e. The van der Waals surface area contributed by atoms with Crippen LogP contribution in [-0.2, 0) is 11.3 Å². The van der Waals surface area contributed by atoms with Crippen molar-refractivity contribution in [1.82, 2.24) is 4.90 Å². The lowest BCUT2D eigenvalue weighted by molar-refractivity contribution is 0.0667. The van der Waals surface area contributed by atoms with Crippen LogP contribution in [0.5, 0.6) is 5.75 Å². The van der Waals surface area contributed by atoms with Gasteiger partial charge in [-0.1, -0.05) is 30.3 Å². The zero-order chi connectivity index (χ0) is 13.9. The first-order valence-electron chi connectivity index (χ1n) is 7.27. The van der Waals surface area contributed by atoms with E-state index < -0.39 is 0 Å². The summed E-state index contributed by atoms with van der Waals surface area (Å²) < 4.78 is 5.68. The van der Waals surface area contributed by atoms with Crippen LogP contribution in [0.1, 0.15) is 18.9 Å². The molecule has 0 bridgehead atoms. The lowest BCUT2D eigenvalue weighted by Crippen LogP contribution is -2.29. The average molecular weight is 271 g/mol. The number of benzene rings is 2. The number of ether oxygens (including phenoxy) is 1. The van der Waals surface area contributed by atoms with Crippen LogP contribution in [0, 0.1) is 0 Å². The number of rotatable bonds is 2. The third kappa shape index (κ3) is 2.79. The Kier molecular flexibility index (Phi) is 3.90. The van der Waals surface area contributed by atoms with E-state index in [1.807, 2.05) is 18.2 Å². The summed E-state index contributed by atoms with van der Waals surface area (Å²) in [5.74, 6) is 0.390. The molecule has 106 valence electrons. The lowest BCUT2D eigenvalue weighted by Gasteiger charge is -2.23. The summed E-state index contributed by atoms with van der Waals surface area (Å²) in [5.41, 5.74) is 1.03. The highest BCUT2D eigenvalue weighted by Crippen LogP contribution is 2.28. The van der Waals surface area contributed by atoms with Crippen molar-refractivity contribution < 1.29 is 9.84 Å². The largest absolute Gasteiger partial charge is 0.508 e. The van der Waals surface area contributed by atoms with E-state index in [1.54, 1.807) is 6.07 Å². The fourth-order valence-corrected chi connectivity index (χ4v) is 2.94. The number of aromatic hydroxyl groups is 1. The molecule has 0 amide bonds. The smallest absolute Gasteiger partial charge is 0.120 e. The van der Waals surface area contributed by atoms with Gasteiger partial charge in [-0.3, -0.25) is 4.90 Å². The van der Waals surface area contributed by atoms with Crippen molar-refractivity contribution in [2.24, 2.45) is 0 Å². The standard InChI is InChI=1S/C17H21NO2/c1-13-11-18(9-4-10-20-13)12-16-15-6-3-2-5-14(15)7-8-17(16)19/h2-3,5-8,13,19H,4,9-12H2,1H3. The second-order valence-corrected chi connectivity index (χ2v) is 5.55. The summed E-state index contributed by atoms with van der Waals surface area (Å²) in [6, 6.07) is 12.0. The van der Waals surface area contributed by atoms with Gasteiger partial charge in [-0.25, -0.2) is 0 Å². The molecule has 2 aromatic rings. The molecule has 1 heterocycles. The normalized spacial score (nSPS) is 20.9. The third-order valence-corrected chi connectivity index (χ3v) is 3.93. The molecule has 0 aliphatic carbocycles. The Hall–Kier alpha value is -1.58. The summed E-state index contributed by atoms with van der Waals surface area (Å²) in [7, 11) is 0. The van der Waals surface area contributed by atoms with Crippen molar-refractivity contribution in [3.63, 3.8) is 0 Å². The minimum atomic E-state index is 0.259. The van der Waals surface area contributed by atoms with Crippen LogP contribution in [0.2, 0.25) is 0 Å². The topological polar surface area (TPSA) is 32.7 Å². The van der Waals surface area contributed by atoms with Gasteiger partial charge in [0.15, 0.2) is 0 Å². The maximum absolute atomic E-state index is 10.2. The molecule has 2 aromatic carbocycles. The SMILES string of the molecule is CC1CN(Cc2c(O)ccc3ccccc23)CCCO1. The molecule has 3 heteroatoms. The predicted molar refractivity (Wildman–Crippen MR) is 80.9 cm³/mol. The molecule has 0 spiro atoms. The molecule has 1 aliphatic rings. The molecule has 1 N–H and O–H groups in total. The second kappa shape index (κ2) is 5.81. The van der Waals surface area contributed by atoms with E-state index in [-0.39, 0.29) is 6.10 Å². The van der Waals surface area contributed by atoms with Gasteiger partial charge in [0.25, 0.3) is 0 Å². The average Bonchev–Trinajstić information content (AvgIpc) is 2.66. The van der Waals surface area contributed by atoms with E-state index in [0.717, 1.165) is 43.6 Å². The lowest BCUT2D eigenvalue weighted by atomic mass is 10.0. The summed E-state index contributed by atoms with van der Waals surface area (Å²) in [5, 5.41) is 12.5. The minimum absolute atomic E-state index is 0.259. The van der Waals surface area contributed by atoms with Gasteiger partial charge >= 0.3 is 0 Å². The molecule has 1 unspecified atom stereocenters. The number of phenolic OH excluding ortho intramolecular Hbond substituents is 1. The number of fused-ring (bicyclic) bond motifs is 1. The quantitative estimate of drug-likeness (QED) is 0.910. The van der Waals surface area contributed by atoms with Gasteiger partial charge in [0, 0.05) is 31.8 Å². The van der Waals surface area contributed by atoms with Gasteiger partial charge in [-0.15, -0.1) is 0 Å². The van der Waals surface area contributed by atoms with Gasteiger partial charge in [-0.05, 0) is 30.2 Å². The molecule has 0 aromatic heterocycles. The Bertz CT molecular complexity index is 597. The first-order valence-corrected chi connectivity index (χ1v) is 7.27. The van der Waals surface area contributed by atoms with Crippen molar-refractivity contribution >= 4 is 10.8 Å². The van der Waals surface area contributed by atoms with Gasteiger partial charge < -0.3 is 9.84 Å². The van der Waals surface area contributed by atoms with Crippen molar-refractivity contribution in [2.45, 2.75) is 26.0 Å². The predicted octanol–water partition coefficient (Wildman–Crippen LogP) is 3.16. The van der Waals surface area contributed by atoms with Crippen LogP contribution in [0.3, 0.4) is 0 Å². The first kappa shape index (κ1) is 13.4. The number of phenols is 1. The van der Waals surface area contributed by atoms with Gasteiger partial charge in [0.05, 0.1) is 6.10 Å². The van der Waals surface area contributed by atoms with Crippen molar-refractivity contribution in [3.05, 3.63) is 42.0 Å². The highest BCUT2D eigenvalue weighted by molar-refractivity contribution is 5.87. The van der Waals surface area contributed by atoms with E-state index in [1.165, 1.54) is 5.39 Å². The fraction of sp³-hybridized carbons (Fsp3) is 0.412. The summed E-state index contributed by atoms with van der Waals surface area (Å²) >= 11 is 0. The Morgan fingerprint density at radius 3 is 3.00 bits per heavy atom. The molecular weight excluding hydrogens is 250 g/mol. The zero-order valence-corrected chi connectivity index (χ0v) is 11.9. The van der Waals surface area contributed by atoms with Crippen molar-refractivity contribution in [1.29, 1.82) is 0 Å². The number of hydrogen-bond acceptors (Lipinski definition) is 3. The highest BCUT2D eigenvalue weighted by Gasteiger charge is 2.17. The summed E-state index contributed by atoms with van der Waals surface area (Å²) in [4.78, 5) is 2.37. The molecule has 20 heavy (non-hydrogen) atoms. The molecule has 1 atom stereocenters. The van der Waals surface area contributed by atoms with Crippen LogP contribution in [0.15, 0.2) is 36.4 Å². The van der Waals surface area contributed by atoms with E-state index in [4.69, 9.17) is 4.74 Å². The third-order valence-electron chi connectivity index (χ3n) is 3.93. The molecule has 1 aliphatic heterocycles. The van der Waals surface area contributed by atoms with E-state index >= 15 is 0 Å². The number of hydrogen-bond donors (Lipinski definition) is 1. The molecule has 1 saturated heterocycles. The molecular formula is C17H21NO2. The van der Waals surface area contributed by atoms with Crippen LogP contribution in [-0.4, -0.2) is 35.8 Å². The zero-order valence-electron chi connectivity index (χ0n) is 11.9. The first-order chi connectivity index (χ1) is 9.74. The molecule has 3 nitrogen and oxygen atoms in total. The molecule has 1 fully saturated rings. The van der Waals surface area contributed by atoms with E-state index in [2.05, 4.69) is 24.0 Å². The van der Waals surface area contributed by atoms with E-state index in [9.17, 15) is 5.11 Å². The Labute approximate surface area is 119 Å². The summed E-state index contributed by atoms with van der Waals surface area (Å²) in [6.45, 7) is 5.66. The number of nitrogens with zero attached hydrogens (tertiary/aromatic N) is 1. The van der Waals surface area contributed by atoms with Crippen molar-refractivity contribution in [3.8, 4) is 5.75 Å². The molecule has 3 rings (SSSR count). The Balaban J connectivity index is 1.91. The molecule has 0 radical (unpaired) electrons. The monoisotopic (exact) mass is 271 g/mol. The Morgan fingerprint density at radius 1 is 1.25 bits per heavy atom. The van der Waals surface area contributed by atoms with Gasteiger partial charge in [-0.2, -0.15) is 0 Å². The van der Waals surface area contributed by atoms with Crippen LogP contribution in [0.25, 0.3) is 10.8 Å². The second-order valence-electron chi connectivity index (χ2n) is 5.55. The maximum Gasteiger partial charge on any atom is 0.120 e. The van der Waals surface area contributed by atoms with Gasteiger partial charge in [0.1, 0.15) is 5.75 Å². The highest BCUT2D eigenvalue weighted by atomic mass is 16.5. The van der Waals surface area contributed by atoms with Crippen LogP contribution >= 0.6 is 0 Å². The molecule has 0 saturated carbocycles. The summed E-state index contributed by atoms with van der Waals surface area (Å²) in [6.07, 6.45) is 1.31. The van der Waals surface area contributed by atoms with Crippen molar-refractivity contribution in [2.75, 3.05) is 19.7 Å². The van der Waals surface area contributed by atoms with Crippen LogP contribution < -0.4 is 0 Å². The maximum atomic E-state index is 10.2. The van der Waals surface area contributed by atoms with E-state index in [0.29, 0.717) is 5.75 Å². The van der Waals surface area contributed by atoms with Gasteiger partial charge in [0.2, 0.25) is 0 Å².